The molecule has 0 amide bonds. The molecule has 9 heteroatoms. The Labute approximate surface area is 191 Å². The quantitative estimate of drug-likeness (QED) is 0.179. The Morgan fingerprint density at radius 3 is 2.70 bits per heavy atom. The Morgan fingerprint density at radius 2 is 2.03 bits per heavy atom. The van der Waals surface area contributed by atoms with Crippen molar-refractivity contribution in [1.82, 2.24) is 0 Å². The monoisotopic (exact) mass is 475 g/mol. The van der Waals surface area contributed by atoms with Crippen LogP contribution < -0.4 is 0 Å². The number of alkyl halides is 3. The second-order valence-corrected chi connectivity index (χ2v) is 8.57. The molecule has 1 heterocycles. The highest BCUT2D eigenvalue weighted by molar-refractivity contribution is 7.17. The number of hydrogen-bond donors (Lipinski definition) is 1. The smallest absolute Gasteiger partial charge is 0.416 e. The molecule has 5 nitrogen and oxygen atoms in total. The van der Waals surface area contributed by atoms with Gasteiger partial charge in [0, 0.05) is 32.5 Å². The largest absolute Gasteiger partial charge is 0.503 e. The highest BCUT2D eigenvalue weighted by Gasteiger charge is 2.33. The van der Waals surface area contributed by atoms with Crippen LogP contribution in [0.5, 0.6) is 0 Å². The molecule has 0 spiro atoms. The van der Waals surface area contributed by atoms with Gasteiger partial charge in [-0.3, -0.25) is 0 Å². The summed E-state index contributed by atoms with van der Waals surface area (Å²) in [6.07, 6.45) is -1.53. The van der Waals surface area contributed by atoms with Crippen molar-refractivity contribution >= 4 is 38.7 Å². The molecule has 1 N–H and O–H groups in total. The van der Waals surface area contributed by atoms with Crippen LogP contribution in [-0.4, -0.2) is 23.9 Å². The Hall–Kier alpha value is -3.33. The van der Waals surface area contributed by atoms with Gasteiger partial charge in [0.2, 0.25) is 0 Å². The molecule has 1 saturated carbocycles. The van der Waals surface area contributed by atoms with Crippen molar-refractivity contribution < 1.29 is 32.6 Å². The lowest BCUT2D eigenvalue weighted by molar-refractivity contribution is -0.137. The predicted molar refractivity (Wildman–Crippen MR) is 120 cm³/mol. The SMILES string of the molecule is COC=C(C(=O)O)c1csc2ccc(CON=C(c3cccc(C(F)(F)F)c3)C3CC3)cc12. The third kappa shape index (κ3) is 5.19. The number of thiophene rings is 1. The summed E-state index contributed by atoms with van der Waals surface area (Å²) < 4.78 is 45.1. The van der Waals surface area contributed by atoms with Gasteiger partial charge in [-0.25, -0.2) is 4.79 Å². The fourth-order valence-electron chi connectivity index (χ4n) is 3.47. The van der Waals surface area contributed by atoms with Gasteiger partial charge < -0.3 is 14.7 Å². The van der Waals surface area contributed by atoms with E-state index in [1.165, 1.54) is 30.8 Å². The summed E-state index contributed by atoms with van der Waals surface area (Å²) >= 11 is 1.42. The summed E-state index contributed by atoms with van der Waals surface area (Å²) in [7, 11) is 1.39. The van der Waals surface area contributed by atoms with Crippen LogP contribution in [0, 0.1) is 5.92 Å². The first-order valence-corrected chi connectivity index (χ1v) is 11.0. The molecule has 0 aliphatic heterocycles. The average molecular weight is 475 g/mol. The lowest BCUT2D eigenvalue weighted by atomic mass is 10.0. The van der Waals surface area contributed by atoms with Gasteiger partial charge in [-0.2, -0.15) is 13.2 Å². The maximum Gasteiger partial charge on any atom is 0.416 e. The van der Waals surface area contributed by atoms with Gasteiger partial charge in [0.25, 0.3) is 0 Å². The molecule has 33 heavy (non-hydrogen) atoms. The average Bonchev–Trinajstić information content (AvgIpc) is 3.53. The van der Waals surface area contributed by atoms with E-state index in [1.807, 2.05) is 18.2 Å². The first-order chi connectivity index (χ1) is 15.8. The molecule has 0 radical (unpaired) electrons. The lowest BCUT2D eigenvalue weighted by Gasteiger charge is -2.10. The number of carboxylic acids is 1. The molecule has 0 bridgehead atoms. The van der Waals surface area contributed by atoms with E-state index >= 15 is 0 Å². The molecular formula is C24H20F3NO4S. The molecule has 172 valence electrons. The zero-order chi connectivity index (χ0) is 23.6. The van der Waals surface area contributed by atoms with Crippen LogP contribution in [-0.2, 0) is 27.2 Å². The van der Waals surface area contributed by atoms with Gasteiger partial charge in [0.05, 0.1) is 24.6 Å². The second kappa shape index (κ2) is 9.27. The van der Waals surface area contributed by atoms with Crippen molar-refractivity contribution in [2.24, 2.45) is 11.1 Å². The van der Waals surface area contributed by atoms with Crippen LogP contribution in [0.2, 0.25) is 0 Å². The summed E-state index contributed by atoms with van der Waals surface area (Å²) in [4.78, 5) is 17.1. The zero-order valence-electron chi connectivity index (χ0n) is 17.6. The Morgan fingerprint density at radius 1 is 1.24 bits per heavy atom. The first kappa shape index (κ1) is 22.8. The zero-order valence-corrected chi connectivity index (χ0v) is 18.4. The number of rotatable bonds is 8. The van der Waals surface area contributed by atoms with Crippen molar-refractivity contribution in [1.29, 1.82) is 0 Å². The van der Waals surface area contributed by atoms with E-state index in [0.717, 1.165) is 40.6 Å². The fraction of sp³-hybridized carbons (Fsp3) is 0.250. The van der Waals surface area contributed by atoms with E-state index in [2.05, 4.69) is 5.16 Å². The van der Waals surface area contributed by atoms with Gasteiger partial charge in [-0.1, -0.05) is 23.4 Å². The van der Waals surface area contributed by atoms with Gasteiger partial charge in [0.1, 0.15) is 12.2 Å². The summed E-state index contributed by atoms with van der Waals surface area (Å²) in [6.45, 7) is 0.0941. The van der Waals surface area contributed by atoms with Crippen LogP contribution >= 0.6 is 11.3 Å². The Kier molecular flexibility index (Phi) is 6.42. The third-order valence-electron chi connectivity index (χ3n) is 5.24. The number of halogens is 3. The fourth-order valence-corrected chi connectivity index (χ4v) is 4.41. The second-order valence-electron chi connectivity index (χ2n) is 7.66. The van der Waals surface area contributed by atoms with Gasteiger partial charge >= 0.3 is 12.1 Å². The molecule has 0 unspecified atom stereocenters. The number of benzene rings is 2. The number of aliphatic carboxylic acids is 1. The van der Waals surface area contributed by atoms with Crippen LogP contribution in [0.4, 0.5) is 13.2 Å². The minimum absolute atomic E-state index is 0.0420. The molecular weight excluding hydrogens is 455 g/mol. The minimum atomic E-state index is -4.43. The van der Waals surface area contributed by atoms with Crippen LogP contribution in [0.15, 0.2) is 59.3 Å². The lowest BCUT2D eigenvalue weighted by Crippen LogP contribution is -2.09. The molecule has 1 fully saturated rings. The third-order valence-corrected chi connectivity index (χ3v) is 6.20. The summed E-state index contributed by atoms with van der Waals surface area (Å²) in [5.41, 5.74) is 1.53. The van der Waals surface area contributed by atoms with Crippen molar-refractivity contribution in [3.05, 3.63) is 76.4 Å². The van der Waals surface area contributed by atoms with E-state index in [9.17, 15) is 23.1 Å². The topological polar surface area (TPSA) is 68.1 Å². The van der Waals surface area contributed by atoms with Crippen molar-refractivity contribution in [2.75, 3.05) is 7.11 Å². The van der Waals surface area contributed by atoms with Crippen molar-refractivity contribution in [2.45, 2.75) is 25.6 Å². The Balaban J connectivity index is 1.57. The Bertz CT molecular complexity index is 1240. The standard InChI is InChI=1S/C24H20F3NO4S/c1-31-12-19(23(29)30)20-13-33-21-8-5-14(9-18(20)21)11-32-28-22(15-6-7-15)16-3-2-4-17(10-16)24(25,26)27/h2-5,8-10,12-13,15H,6-7,11H2,1H3,(H,29,30). The molecule has 1 aliphatic rings. The van der Waals surface area contributed by atoms with Crippen LogP contribution in [0.1, 0.15) is 35.1 Å². The number of methoxy groups -OCH3 is 1. The van der Waals surface area contributed by atoms with E-state index < -0.39 is 17.7 Å². The first-order valence-electron chi connectivity index (χ1n) is 10.1. The van der Waals surface area contributed by atoms with E-state index in [-0.39, 0.29) is 18.1 Å². The van der Waals surface area contributed by atoms with Crippen LogP contribution in [0.25, 0.3) is 15.7 Å². The normalized spacial score (nSPS) is 15.0. The maximum absolute atomic E-state index is 13.1. The molecule has 0 saturated heterocycles. The number of hydrogen-bond acceptors (Lipinski definition) is 5. The van der Waals surface area contributed by atoms with Crippen molar-refractivity contribution in [3.63, 3.8) is 0 Å². The van der Waals surface area contributed by atoms with Gasteiger partial charge in [0.15, 0.2) is 0 Å². The summed E-state index contributed by atoms with van der Waals surface area (Å²) in [6, 6.07) is 10.6. The highest BCUT2D eigenvalue weighted by Crippen LogP contribution is 2.36. The molecule has 3 aromatic rings. The van der Waals surface area contributed by atoms with Crippen molar-refractivity contribution in [3.8, 4) is 0 Å². The number of carboxylic acid groups (broad SMARTS) is 1. The van der Waals surface area contributed by atoms with Crippen LogP contribution in [0.3, 0.4) is 0 Å². The number of nitrogens with zero attached hydrogens (tertiary/aromatic N) is 1. The van der Waals surface area contributed by atoms with Gasteiger partial charge in [-0.15, -0.1) is 11.3 Å². The number of ether oxygens (including phenoxy) is 1. The number of fused-ring (bicyclic) bond motifs is 1. The van der Waals surface area contributed by atoms with E-state index in [0.29, 0.717) is 16.8 Å². The number of oxime groups is 1. The minimum Gasteiger partial charge on any atom is -0.503 e. The molecule has 1 aliphatic carbocycles. The highest BCUT2D eigenvalue weighted by atomic mass is 32.1. The van der Waals surface area contributed by atoms with E-state index in [4.69, 9.17) is 9.57 Å². The maximum atomic E-state index is 13.1. The van der Waals surface area contributed by atoms with E-state index in [1.54, 1.807) is 11.4 Å². The molecule has 4 rings (SSSR count). The predicted octanol–water partition coefficient (Wildman–Crippen LogP) is 6.32. The summed E-state index contributed by atoms with van der Waals surface area (Å²) in [5, 5.41) is 16.2. The number of carbonyl (C=O) groups is 1. The molecule has 2 aromatic carbocycles. The summed E-state index contributed by atoms with van der Waals surface area (Å²) in [5.74, 6) is -1.02. The van der Waals surface area contributed by atoms with Gasteiger partial charge in [-0.05, 0) is 42.7 Å². The molecule has 0 atom stereocenters. The molecule has 1 aromatic heterocycles.